The van der Waals surface area contributed by atoms with E-state index in [4.69, 9.17) is 16.3 Å². The van der Waals surface area contributed by atoms with Crippen LogP contribution in [-0.4, -0.2) is 10.9 Å². The quantitative estimate of drug-likeness (QED) is 0.364. The average Bonchev–Trinajstić information content (AvgIpc) is 2.44. The second kappa shape index (κ2) is 6.15. The van der Waals surface area contributed by atoms with Crippen LogP contribution in [0.25, 0.3) is 0 Å². The molecule has 0 unspecified atom stereocenters. The second-order valence-electron chi connectivity index (χ2n) is 4.97. The van der Waals surface area contributed by atoms with Gasteiger partial charge in [-0.25, -0.2) is 4.79 Å². The van der Waals surface area contributed by atoms with E-state index in [1.807, 2.05) is 13.8 Å². The third kappa shape index (κ3) is 3.09. The number of hydrogen-bond acceptors (Lipinski definition) is 4. The first-order chi connectivity index (χ1) is 10.3. The Labute approximate surface area is 132 Å². The lowest BCUT2D eigenvalue weighted by Crippen LogP contribution is -2.11. The van der Waals surface area contributed by atoms with Gasteiger partial charge in [0.2, 0.25) is 0 Å². The lowest BCUT2D eigenvalue weighted by molar-refractivity contribution is -0.385. The topological polar surface area (TPSA) is 69.4 Å². The molecule has 2 aromatic rings. The van der Waals surface area contributed by atoms with Gasteiger partial charge in [-0.3, -0.25) is 10.1 Å². The molecule has 5 nitrogen and oxygen atoms in total. The number of nitrogens with zero attached hydrogens (tertiary/aromatic N) is 1. The van der Waals surface area contributed by atoms with Crippen molar-refractivity contribution < 1.29 is 14.5 Å². The molecule has 0 spiro atoms. The maximum Gasteiger partial charge on any atom is 0.344 e. The van der Waals surface area contributed by atoms with Gasteiger partial charge in [-0.15, -0.1) is 0 Å². The van der Waals surface area contributed by atoms with Crippen LogP contribution in [0.2, 0.25) is 5.02 Å². The van der Waals surface area contributed by atoms with Gasteiger partial charge in [-0.1, -0.05) is 17.7 Å². The van der Waals surface area contributed by atoms with Crippen molar-refractivity contribution in [2.45, 2.75) is 20.8 Å². The molecule has 0 saturated carbocycles. The largest absolute Gasteiger partial charge is 0.423 e. The van der Waals surface area contributed by atoms with Crippen LogP contribution in [0.15, 0.2) is 30.3 Å². The number of ether oxygens (including phenoxy) is 1. The van der Waals surface area contributed by atoms with Crippen molar-refractivity contribution in [1.29, 1.82) is 0 Å². The lowest BCUT2D eigenvalue weighted by atomic mass is 10.1. The van der Waals surface area contributed by atoms with Crippen LogP contribution in [-0.2, 0) is 0 Å². The maximum absolute atomic E-state index is 12.2. The van der Waals surface area contributed by atoms with Gasteiger partial charge >= 0.3 is 5.97 Å². The van der Waals surface area contributed by atoms with Gasteiger partial charge in [0.05, 0.1) is 10.5 Å². The van der Waals surface area contributed by atoms with E-state index < -0.39 is 10.9 Å². The molecule has 0 aliphatic heterocycles. The van der Waals surface area contributed by atoms with Crippen LogP contribution >= 0.6 is 11.6 Å². The summed E-state index contributed by atoms with van der Waals surface area (Å²) in [6.45, 7) is 5.14. The lowest BCUT2D eigenvalue weighted by Gasteiger charge is -2.10. The number of nitro benzene ring substituents is 1. The predicted octanol–water partition coefficient (Wildman–Crippen LogP) is 4.39. The summed E-state index contributed by atoms with van der Waals surface area (Å²) in [5.74, 6) is -0.280. The van der Waals surface area contributed by atoms with Crippen molar-refractivity contribution >= 4 is 23.3 Å². The predicted molar refractivity (Wildman–Crippen MR) is 83.7 cm³/mol. The summed E-state index contributed by atoms with van der Waals surface area (Å²) in [7, 11) is 0. The van der Waals surface area contributed by atoms with Gasteiger partial charge in [0.1, 0.15) is 5.75 Å². The van der Waals surface area contributed by atoms with Crippen molar-refractivity contribution in [3.8, 4) is 5.75 Å². The minimum Gasteiger partial charge on any atom is -0.423 e. The van der Waals surface area contributed by atoms with Crippen molar-refractivity contribution in [1.82, 2.24) is 0 Å². The zero-order valence-electron chi connectivity index (χ0n) is 12.3. The van der Waals surface area contributed by atoms with Gasteiger partial charge < -0.3 is 4.74 Å². The first-order valence-corrected chi connectivity index (χ1v) is 6.92. The van der Waals surface area contributed by atoms with E-state index in [1.165, 1.54) is 25.1 Å². The molecular weight excluding hydrogens is 306 g/mol. The molecule has 0 fully saturated rings. The Morgan fingerprint density at radius 2 is 1.77 bits per heavy atom. The summed E-state index contributed by atoms with van der Waals surface area (Å²) in [4.78, 5) is 22.6. The Balaban J connectivity index is 2.34. The number of carbonyl (C=O) groups is 1. The third-order valence-corrected chi connectivity index (χ3v) is 3.94. The number of esters is 1. The molecule has 0 amide bonds. The molecule has 114 valence electrons. The summed E-state index contributed by atoms with van der Waals surface area (Å²) in [6.07, 6.45) is 0. The number of benzene rings is 2. The summed E-state index contributed by atoms with van der Waals surface area (Å²) < 4.78 is 5.31. The first kappa shape index (κ1) is 16.0. The number of nitro groups is 1. The fourth-order valence-corrected chi connectivity index (χ4v) is 2.28. The van der Waals surface area contributed by atoms with Gasteiger partial charge in [0, 0.05) is 16.7 Å². The van der Waals surface area contributed by atoms with E-state index in [1.54, 1.807) is 12.1 Å². The average molecular weight is 320 g/mol. The molecule has 0 aliphatic carbocycles. The monoisotopic (exact) mass is 319 g/mol. The van der Waals surface area contributed by atoms with Crippen molar-refractivity contribution in [3.05, 3.63) is 67.7 Å². The van der Waals surface area contributed by atoms with Gasteiger partial charge in [-0.05, 0) is 50.1 Å². The highest BCUT2D eigenvalue weighted by Crippen LogP contribution is 2.27. The molecule has 0 atom stereocenters. The van der Waals surface area contributed by atoms with Crippen LogP contribution in [0, 0.1) is 30.9 Å². The van der Waals surface area contributed by atoms with E-state index in [2.05, 4.69) is 0 Å². The molecule has 0 aliphatic rings. The molecule has 0 saturated heterocycles. The number of carbonyl (C=O) groups excluding carboxylic acids is 1. The Bertz CT molecular complexity index is 748. The van der Waals surface area contributed by atoms with Crippen LogP contribution in [0.1, 0.15) is 27.0 Å². The third-order valence-electron chi connectivity index (χ3n) is 3.34. The molecule has 2 aromatic carbocycles. The van der Waals surface area contributed by atoms with E-state index >= 15 is 0 Å². The van der Waals surface area contributed by atoms with E-state index in [-0.39, 0.29) is 16.8 Å². The Morgan fingerprint density at radius 3 is 2.32 bits per heavy atom. The molecule has 0 N–H and O–H groups in total. The Kier molecular flexibility index (Phi) is 4.47. The van der Waals surface area contributed by atoms with E-state index in [0.29, 0.717) is 10.8 Å². The normalized spacial score (nSPS) is 10.4. The van der Waals surface area contributed by atoms with Gasteiger partial charge in [-0.2, -0.15) is 0 Å². The highest BCUT2D eigenvalue weighted by atomic mass is 35.5. The zero-order chi connectivity index (χ0) is 16.4. The van der Waals surface area contributed by atoms with Crippen molar-refractivity contribution in [3.63, 3.8) is 0 Å². The Hall–Kier alpha value is -2.40. The number of aryl methyl sites for hydroxylation is 2. The highest BCUT2D eigenvalue weighted by molar-refractivity contribution is 6.32. The Morgan fingerprint density at radius 1 is 1.18 bits per heavy atom. The summed E-state index contributed by atoms with van der Waals surface area (Å²) in [5.41, 5.74) is 1.91. The molecule has 0 heterocycles. The molecule has 6 heteroatoms. The summed E-state index contributed by atoms with van der Waals surface area (Å²) in [5, 5.41) is 11.5. The molecule has 22 heavy (non-hydrogen) atoms. The standard InChI is InChI=1S/C16H14ClNO4/c1-9-7-12(8-10(2)15(9)17)22-16(19)13-5-4-6-14(11(13)3)18(20)21/h4-8H,1-3H3. The summed E-state index contributed by atoms with van der Waals surface area (Å²) >= 11 is 6.07. The van der Waals surface area contributed by atoms with Crippen LogP contribution in [0.3, 0.4) is 0 Å². The highest BCUT2D eigenvalue weighted by Gasteiger charge is 2.19. The fourth-order valence-electron chi connectivity index (χ4n) is 2.17. The van der Waals surface area contributed by atoms with Crippen LogP contribution in [0.4, 0.5) is 5.69 Å². The number of hydrogen-bond donors (Lipinski definition) is 0. The molecule has 0 bridgehead atoms. The zero-order valence-corrected chi connectivity index (χ0v) is 13.1. The number of rotatable bonds is 3. The van der Waals surface area contributed by atoms with Gasteiger partial charge in [0.15, 0.2) is 0 Å². The van der Waals surface area contributed by atoms with Crippen LogP contribution in [0.5, 0.6) is 5.75 Å². The molecular formula is C16H14ClNO4. The maximum atomic E-state index is 12.2. The fraction of sp³-hybridized carbons (Fsp3) is 0.188. The molecule has 2 rings (SSSR count). The molecule has 0 aromatic heterocycles. The smallest absolute Gasteiger partial charge is 0.344 e. The minimum atomic E-state index is -0.637. The van der Waals surface area contributed by atoms with Crippen LogP contribution < -0.4 is 4.74 Å². The van der Waals surface area contributed by atoms with Gasteiger partial charge in [0.25, 0.3) is 5.69 Å². The molecule has 0 radical (unpaired) electrons. The number of halogens is 1. The second-order valence-corrected chi connectivity index (χ2v) is 5.35. The van der Waals surface area contributed by atoms with E-state index in [0.717, 1.165) is 11.1 Å². The van der Waals surface area contributed by atoms with Crippen molar-refractivity contribution in [2.75, 3.05) is 0 Å². The SMILES string of the molecule is Cc1cc(OC(=O)c2cccc([N+](=O)[O-])c2C)cc(C)c1Cl. The summed E-state index contributed by atoms with van der Waals surface area (Å²) in [6, 6.07) is 7.61. The minimum absolute atomic E-state index is 0.113. The van der Waals surface area contributed by atoms with Crippen molar-refractivity contribution in [2.24, 2.45) is 0 Å². The van der Waals surface area contributed by atoms with E-state index in [9.17, 15) is 14.9 Å². The first-order valence-electron chi connectivity index (χ1n) is 6.54.